The van der Waals surface area contributed by atoms with E-state index in [9.17, 15) is 13.0 Å². The van der Waals surface area contributed by atoms with Crippen LogP contribution < -0.4 is 34.5 Å². The predicted molar refractivity (Wildman–Crippen MR) is 74.9 cm³/mol. The van der Waals surface area contributed by atoms with Gasteiger partial charge in [0.15, 0.2) is 0 Å². The Morgan fingerprint density at radius 2 is 1.67 bits per heavy atom. The van der Waals surface area contributed by atoms with Gasteiger partial charge < -0.3 is 14.2 Å². The molecule has 2 aromatic rings. The predicted octanol–water partition coefficient (Wildman–Crippen LogP) is -1.42. The number of benzene rings is 2. The standard InChI is InChI=1S/C14H15NO4S.Na/c16-20(17,18)13-6-2-4-11-3-1-5-12(14(11)13)15-7-9-19-10-8-15;/h1-6H,7-10H2,(H,16,17,18);/q;+1/p-1. The molecule has 0 aromatic heterocycles. The minimum absolute atomic E-state index is 0. The average molecular weight is 315 g/mol. The van der Waals surface area contributed by atoms with E-state index in [0.717, 1.165) is 11.1 Å². The van der Waals surface area contributed by atoms with Crippen LogP contribution in [0, 0.1) is 0 Å². The van der Waals surface area contributed by atoms with Crippen LogP contribution in [0.15, 0.2) is 41.3 Å². The van der Waals surface area contributed by atoms with Gasteiger partial charge in [-0.05, 0) is 17.5 Å². The van der Waals surface area contributed by atoms with Crippen molar-refractivity contribution in [1.29, 1.82) is 0 Å². The molecule has 1 fully saturated rings. The van der Waals surface area contributed by atoms with Gasteiger partial charge in [-0.2, -0.15) is 0 Å². The monoisotopic (exact) mass is 315 g/mol. The zero-order valence-corrected chi connectivity index (χ0v) is 14.6. The third kappa shape index (κ3) is 3.41. The topological polar surface area (TPSA) is 69.7 Å². The molecule has 3 rings (SSSR count). The van der Waals surface area contributed by atoms with Crippen molar-refractivity contribution in [2.24, 2.45) is 0 Å². The summed E-state index contributed by atoms with van der Waals surface area (Å²) in [5.41, 5.74) is 0.779. The fourth-order valence-electron chi connectivity index (χ4n) is 2.56. The Labute approximate surface area is 145 Å². The largest absolute Gasteiger partial charge is 1.00 e. The van der Waals surface area contributed by atoms with Crippen LogP contribution >= 0.6 is 0 Å². The first-order valence-electron chi connectivity index (χ1n) is 6.38. The molecule has 0 spiro atoms. The fourth-order valence-corrected chi connectivity index (χ4v) is 3.28. The van der Waals surface area contributed by atoms with Gasteiger partial charge in [0.1, 0.15) is 10.1 Å². The fraction of sp³-hybridized carbons (Fsp3) is 0.286. The molecule has 2 aromatic carbocycles. The first-order valence-corrected chi connectivity index (χ1v) is 7.78. The maximum absolute atomic E-state index is 11.5. The van der Waals surface area contributed by atoms with Crippen LogP contribution in [0.2, 0.25) is 0 Å². The molecule has 1 heterocycles. The van der Waals surface area contributed by atoms with Gasteiger partial charge in [-0.25, -0.2) is 8.42 Å². The number of rotatable bonds is 2. The number of fused-ring (bicyclic) bond motifs is 1. The number of hydrogen-bond donors (Lipinski definition) is 0. The molecule has 0 saturated carbocycles. The van der Waals surface area contributed by atoms with E-state index in [1.54, 1.807) is 6.07 Å². The Kier molecular flexibility index (Phi) is 5.29. The van der Waals surface area contributed by atoms with Crippen molar-refractivity contribution in [3.63, 3.8) is 0 Å². The summed E-state index contributed by atoms with van der Waals surface area (Å²) in [4.78, 5) is 1.90. The molecule has 0 radical (unpaired) electrons. The molecular weight excluding hydrogens is 301 g/mol. The molecule has 5 nitrogen and oxygen atoms in total. The van der Waals surface area contributed by atoms with Crippen LogP contribution in [-0.4, -0.2) is 39.3 Å². The van der Waals surface area contributed by atoms with Crippen molar-refractivity contribution < 1.29 is 47.3 Å². The summed E-state index contributed by atoms with van der Waals surface area (Å²) in [5, 5.41) is 1.26. The summed E-state index contributed by atoms with van der Waals surface area (Å²) in [7, 11) is -4.50. The van der Waals surface area contributed by atoms with Gasteiger partial charge in [0, 0.05) is 24.2 Å². The van der Waals surface area contributed by atoms with Gasteiger partial charge in [-0.15, -0.1) is 0 Å². The van der Waals surface area contributed by atoms with Crippen molar-refractivity contribution >= 4 is 26.6 Å². The van der Waals surface area contributed by atoms with Gasteiger partial charge in [-0.3, -0.25) is 0 Å². The molecule has 0 aliphatic carbocycles. The van der Waals surface area contributed by atoms with Crippen LogP contribution in [0.25, 0.3) is 10.8 Å². The van der Waals surface area contributed by atoms with Gasteiger partial charge >= 0.3 is 29.6 Å². The number of hydrogen-bond acceptors (Lipinski definition) is 5. The van der Waals surface area contributed by atoms with E-state index in [2.05, 4.69) is 4.90 Å². The third-order valence-corrected chi connectivity index (χ3v) is 4.34. The summed E-state index contributed by atoms with van der Waals surface area (Å²) < 4.78 is 39.8. The van der Waals surface area contributed by atoms with Crippen LogP contribution in [0.1, 0.15) is 0 Å². The maximum Gasteiger partial charge on any atom is 1.00 e. The number of ether oxygens (including phenoxy) is 1. The summed E-state index contributed by atoms with van der Waals surface area (Å²) in [6, 6.07) is 10.3. The smallest absolute Gasteiger partial charge is 0.744 e. The second kappa shape index (κ2) is 6.64. The molecule has 0 bridgehead atoms. The molecule has 0 atom stereocenters. The van der Waals surface area contributed by atoms with Gasteiger partial charge in [0.05, 0.1) is 18.1 Å². The molecule has 0 amide bonds. The van der Waals surface area contributed by atoms with Gasteiger partial charge in [0.2, 0.25) is 0 Å². The van der Waals surface area contributed by atoms with E-state index in [0.29, 0.717) is 31.7 Å². The summed E-state index contributed by atoms with van der Waals surface area (Å²) >= 11 is 0. The van der Waals surface area contributed by atoms with E-state index in [-0.39, 0.29) is 34.5 Å². The second-order valence-electron chi connectivity index (χ2n) is 4.68. The maximum atomic E-state index is 11.5. The van der Waals surface area contributed by atoms with E-state index in [1.165, 1.54) is 6.07 Å². The SMILES string of the molecule is O=S(=O)([O-])c1cccc2cccc(N3CCOCC3)c12.[Na+]. The van der Waals surface area contributed by atoms with E-state index >= 15 is 0 Å². The molecule has 21 heavy (non-hydrogen) atoms. The van der Waals surface area contributed by atoms with Gasteiger partial charge in [-0.1, -0.05) is 24.3 Å². The Bertz CT molecular complexity index is 736. The second-order valence-corrected chi connectivity index (χ2v) is 6.03. The third-order valence-electron chi connectivity index (χ3n) is 3.47. The van der Waals surface area contributed by atoms with Crippen molar-refractivity contribution in [2.75, 3.05) is 31.2 Å². The minimum Gasteiger partial charge on any atom is -0.744 e. The summed E-state index contributed by atoms with van der Waals surface area (Å²) in [5.74, 6) is 0. The Morgan fingerprint density at radius 3 is 2.29 bits per heavy atom. The average Bonchev–Trinajstić information content (AvgIpc) is 2.46. The molecule has 0 N–H and O–H groups in total. The summed E-state index contributed by atoms with van der Waals surface area (Å²) in [6.45, 7) is 2.57. The normalized spacial score (nSPS) is 15.8. The van der Waals surface area contributed by atoms with Crippen molar-refractivity contribution in [2.45, 2.75) is 4.90 Å². The van der Waals surface area contributed by atoms with Crippen molar-refractivity contribution in [3.05, 3.63) is 36.4 Å². The van der Waals surface area contributed by atoms with Crippen LogP contribution in [-0.2, 0) is 14.9 Å². The zero-order chi connectivity index (χ0) is 14.2. The van der Waals surface area contributed by atoms with Crippen molar-refractivity contribution in [1.82, 2.24) is 0 Å². The molecule has 0 unspecified atom stereocenters. The van der Waals surface area contributed by atoms with Crippen LogP contribution in [0.5, 0.6) is 0 Å². The first kappa shape index (κ1) is 16.7. The zero-order valence-electron chi connectivity index (χ0n) is 11.8. The van der Waals surface area contributed by atoms with Crippen LogP contribution in [0.3, 0.4) is 0 Å². The number of morpholine rings is 1. The van der Waals surface area contributed by atoms with E-state index < -0.39 is 10.1 Å². The Morgan fingerprint density at radius 1 is 1.05 bits per heavy atom. The van der Waals surface area contributed by atoms with Crippen LogP contribution in [0.4, 0.5) is 5.69 Å². The first-order chi connectivity index (χ1) is 9.57. The van der Waals surface area contributed by atoms with Crippen molar-refractivity contribution in [3.8, 4) is 0 Å². The molecule has 1 aliphatic rings. The Balaban J connectivity index is 0.00000161. The number of anilines is 1. The Hall–Kier alpha value is -0.630. The van der Waals surface area contributed by atoms with Gasteiger partial charge in [0.25, 0.3) is 0 Å². The molecule has 1 saturated heterocycles. The molecule has 7 heteroatoms. The van der Waals surface area contributed by atoms with E-state index in [4.69, 9.17) is 4.74 Å². The molecule has 1 aliphatic heterocycles. The number of nitrogens with zero attached hydrogens (tertiary/aromatic N) is 1. The minimum atomic E-state index is -4.50. The molecule has 106 valence electrons. The summed E-state index contributed by atoms with van der Waals surface area (Å²) in [6.07, 6.45) is 0. The van der Waals surface area contributed by atoms with E-state index in [1.807, 2.05) is 24.3 Å². The molecular formula is C14H14NNaO4S. The quantitative estimate of drug-likeness (QED) is 0.503.